The van der Waals surface area contributed by atoms with Gasteiger partial charge in [0.1, 0.15) is 17.4 Å². The van der Waals surface area contributed by atoms with Crippen molar-refractivity contribution in [1.29, 1.82) is 0 Å². The van der Waals surface area contributed by atoms with Crippen LogP contribution < -0.4 is 14.5 Å². The number of nitrogens with zero attached hydrogens (tertiary/aromatic N) is 7. The normalized spacial score (nSPS) is 14.8. The number of anilines is 2. The molecule has 0 bridgehead atoms. The Labute approximate surface area is 261 Å². The lowest BCUT2D eigenvalue weighted by atomic mass is 9.97. The molecule has 232 valence electrons. The minimum Gasteiger partial charge on any atom is -0.467 e. The second kappa shape index (κ2) is 12.6. The smallest absolute Gasteiger partial charge is 0.273 e. The third-order valence-electron chi connectivity index (χ3n) is 8.30. The molecule has 0 saturated heterocycles. The van der Waals surface area contributed by atoms with E-state index in [1.165, 1.54) is 17.8 Å². The molecule has 44 heavy (non-hydrogen) atoms. The number of benzene rings is 2. The minimum absolute atomic E-state index is 0.100. The second-order valence-corrected chi connectivity index (χ2v) is 12.1. The van der Waals surface area contributed by atoms with E-state index in [-0.39, 0.29) is 18.5 Å². The number of halogens is 1. The number of thioether (sulfide) groups is 1. The zero-order valence-corrected chi connectivity index (χ0v) is 26.7. The van der Waals surface area contributed by atoms with E-state index in [0.717, 1.165) is 71.7 Å². The molecule has 2 aliphatic heterocycles. The van der Waals surface area contributed by atoms with Crippen LogP contribution in [0.4, 0.5) is 15.9 Å². The molecule has 4 aromatic rings. The Morgan fingerprint density at radius 3 is 2.68 bits per heavy atom. The first-order chi connectivity index (χ1) is 21.3. The summed E-state index contributed by atoms with van der Waals surface area (Å²) in [5.74, 6) is 1.32. The molecular weight excluding hydrogens is 581 g/mol. The first-order valence-corrected chi connectivity index (χ1v) is 16.1. The Hall–Kier alpha value is -3.90. The second-order valence-electron chi connectivity index (χ2n) is 11.3. The van der Waals surface area contributed by atoms with Crippen molar-refractivity contribution in [2.45, 2.75) is 51.0 Å². The number of methoxy groups -OCH3 is 1. The van der Waals surface area contributed by atoms with Gasteiger partial charge < -0.3 is 24.2 Å². The van der Waals surface area contributed by atoms with Crippen molar-refractivity contribution in [3.8, 4) is 5.75 Å². The van der Waals surface area contributed by atoms with Crippen molar-refractivity contribution >= 4 is 39.9 Å². The fraction of sp³-hybridized carbons (Fsp3) is 0.438. The van der Waals surface area contributed by atoms with Crippen LogP contribution in [-0.4, -0.2) is 77.9 Å². The molecule has 0 aliphatic carbocycles. The highest BCUT2D eigenvalue weighted by atomic mass is 32.2. The fourth-order valence-corrected chi connectivity index (χ4v) is 6.57. The summed E-state index contributed by atoms with van der Waals surface area (Å²) in [5.41, 5.74) is 5.19. The van der Waals surface area contributed by atoms with E-state index in [2.05, 4.69) is 14.9 Å². The fourth-order valence-electron chi connectivity index (χ4n) is 6.19. The number of rotatable bonds is 8. The zero-order valence-electron chi connectivity index (χ0n) is 25.9. The molecule has 6 rings (SSSR count). The predicted octanol–water partition coefficient (Wildman–Crippen LogP) is 4.91. The molecule has 0 spiro atoms. The van der Waals surface area contributed by atoms with E-state index in [4.69, 9.17) is 19.4 Å². The van der Waals surface area contributed by atoms with Crippen LogP contribution in [0.2, 0.25) is 0 Å². The van der Waals surface area contributed by atoms with Crippen LogP contribution in [0, 0.1) is 5.82 Å². The van der Waals surface area contributed by atoms with Crippen LogP contribution >= 0.6 is 11.8 Å². The molecule has 0 saturated carbocycles. The summed E-state index contributed by atoms with van der Waals surface area (Å²) in [5, 5.41) is 7.15. The summed E-state index contributed by atoms with van der Waals surface area (Å²) in [6.45, 7) is 5.57. The molecular formula is C32H38FN7O3S. The van der Waals surface area contributed by atoms with Gasteiger partial charge in [0, 0.05) is 63.5 Å². The molecule has 2 aliphatic rings. The summed E-state index contributed by atoms with van der Waals surface area (Å²) < 4.78 is 28.0. The van der Waals surface area contributed by atoms with Crippen LogP contribution in [0.25, 0.3) is 10.8 Å². The molecule has 0 unspecified atom stereocenters. The minimum atomic E-state index is -0.200. The number of ether oxygens (including phenoxy) is 2. The van der Waals surface area contributed by atoms with E-state index in [9.17, 15) is 4.79 Å². The monoisotopic (exact) mass is 619 g/mol. The molecule has 2 aromatic carbocycles. The van der Waals surface area contributed by atoms with Crippen molar-refractivity contribution in [3.63, 3.8) is 0 Å². The number of fused-ring (bicyclic) bond motifs is 3. The van der Waals surface area contributed by atoms with Gasteiger partial charge in [-0.2, -0.15) is 5.10 Å². The summed E-state index contributed by atoms with van der Waals surface area (Å²) in [7, 11) is 5.07. The van der Waals surface area contributed by atoms with Crippen LogP contribution in [-0.2, 0) is 37.2 Å². The number of aryl methyl sites for hydroxylation is 2. The Bertz CT molecular complexity index is 1710. The quantitative estimate of drug-likeness (QED) is 0.155. The summed E-state index contributed by atoms with van der Waals surface area (Å²) in [6.07, 6.45) is 4.19. The Morgan fingerprint density at radius 2 is 1.93 bits per heavy atom. The van der Waals surface area contributed by atoms with Gasteiger partial charge in [-0.05, 0) is 54.7 Å². The summed E-state index contributed by atoms with van der Waals surface area (Å²) in [4.78, 5) is 28.7. The van der Waals surface area contributed by atoms with Crippen molar-refractivity contribution in [1.82, 2.24) is 24.6 Å². The number of aromatic nitrogens is 4. The van der Waals surface area contributed by atoms with Gasteiger partial charge in [0.2, 0.25) is 0 Å². The van der Waals surface area contributed by atoms with Crippen molar-refractivity contribution in [2.75, 3.05) is 57.1 Å². The van der Waals surface area contributed by atoms with Crippen molar-refractivity contribution in [3.05, 3.63) is 64.4 Å². The Morgan fingerprint density at radius 1 is 1.09 bits per heavy atom. The van der Waals surface area contributed by atoms with E-state index in [0.29, 0.717) is 41.7 Å². The predicted molar refractivity (Wildman–Crippen MR) is 170 cm³/mol. The van der Waals surface area contributed by atoms with Gasteiger partial charge in [-0.25, -0.2) is 14.4 Å². The lowest BCUT2D eigenvalue weighted by Gasteiger charge is -2.34. The highest BCUT2D eigenvalue weighted by Gasteiger charge is 2.29. The largest absolute Gasteiger partial charge is 0.467 e. The highest BCUT2D eigenvalue weighted by Crippen LogP contribution is 2.39. The molecule has 0 fully saturated rings. The van der Waals surface area contributed by atoms with Gasteiger partial charge in [-0.15, -0.1) is 0 Å². The molecule has 0 N–H and O–H groups in total. The first kappa shape index (κ1) is 30.1. The number of amides is 1. The molecule has 0 atom stereocenters. The topological polar surface area (TPSA) is 88.9 Å². The van der Waals surface area contributed by atoms with Gasteiger partial charge in [0.25, 0.3) is 5.91 Å². The lowest BCUT2D eigenvalue weighted by Crippen LogP contribution is -2.34. The van der Waals surface area contributed by atoms with E-state index in [1.807, 2.05) is 42.1 Å². The Kier molecular flexibility index (Phi) is 8.64. The van der Waals surface area contributed by atoms with Crippen molar-refractivity contribution < 1.29 is 18.7 Å². The molecule has 2 aromatic heterocycles. The van der Waals surface area contributed by atoms with E-state index < -0.39 is 0 Å². The van der Waals surface area contributed by atoms with Crippen LogP contribution in [0.3, 0.4) is 0 Å². The first-order valence-electron chi connectivity index (χ1n) is 14.9. The van der Waals surface area contributed by atoms with Crippen LogP contribution in [0.1, 0.15) is 46.3 Å². The number of carbonyl (C=O) groups is 1. The maximum Gasteiger partial charge on any atom is 0.273 e. The molecule has 0 radical (unpaired) electrons. The number of carbonyl (C=O) groups excluding carboxylic acids is 1. The maximum atomic E-state index is 15.1. The average molecular weight is 620 g/mol. The van der Waals surface area contributed by atoms with Gasteiger partial charge >= 0.3 is 0 Å². The van der Waals surface area contributed by atoms with Crippen molar-refractivity contribution in [2.24, 2.45) is 0 Å². The van der Waals surface area contributed by atoms with Crippen LogP contribution in [0.15, 0.2) is 35.5 Å². The molecule has 1 amide bonds. The molecule has 12 heteroatoms. The summed E-state index contributed by atoms with van der Waals surface area (Å²) in [6, 6.07) is 9.19. The van der Waals surface area contributed by atoms with Gasteiger partial charge in [0.15, 0.2) is 17.6 Å². The third kappa shape index (κ3) is 5.68. The SMILES string of the molecule is CCc1c(F)ccc2cc(OCOC)cc(N3CCc4c(nc(SC)nc4N4CCCn5nc(C(=O)N(C)C)cc5C4)C3)c12. The standard InChI is InChI=1S/C32H38FN7O3S/c1-6-23-25(33)9-8-20-14-22(43-19-42-4)16-28(29(20)23)38-13-10-24-27(18-38)34-32(44-5)35-30(24)39-11-7-12-40-21(17-39)15-26(36-40)31(41)37(2)3/h8-9,14-16H,6-7,10-13,17-19H2,1-5H3. The lowest BCUT2D eigenvalue weighted by molar-refractivity contribution is 0.0512. The number of hydrogen-bond acceptors (Lipinski definition) is 9. The third-order valence-corrected chi connectivity index (χ3v) is 8.85. The van der Waals surface area contributed by atoms with E-state index in [1.54, 1.807) is 26.1 Å². The van der Waals surface area contributed by atoms with E-state index >= 15 is 4.39 Å². The van der Waals surface area contributed by atoms with Gasteiger partial charge in [-0.1, -0.05) is 24.8 Å². The molecule has 4 heterocycles. The maximum absolute atomic E-state index is 15.1. The summed E-state index contributed by atoms with van der Waals surface area (Å²) >= 11 is 1.52. The Balaban J connectivity index is 1.38. The zero-order chi connectivity index (χ0) is 31.0. The van der Waals surface area contributed by atoms with Crippen LogP contribution in [0.5, 0.6) is 5.75 Å². The average Bonchev–Trinajstić information content (AvgIpc) is 3.33. The molecule has 10 nitrogen and oxygen atoms in total. The highest BCUT2D eigenvalue weighted by molar-refractivity contribution is 7.98. The van der Waals surface area contributed by atoms with Gasteiger partial charge in [-0.3, -0.25) is 9.48 Å². The number of hydrogen-bond donors (Lipinski definition) is 0. The van der Waals surface area contributed by atoms with Gasteiger partial charge in [0.05, 0.1) is 24.5 Å².